The Morgan fingerprint density at radius 1 is 1.35 bits per heavy atom. The van der Waals surface area contributed by atoms with Crippen molar-refractivity contribution in [3.63, 3.8) is 0 Å². The van der Waals surface area contributed by atoms with Gasteiger partial charge in [-0.25, -0.2) is 0 Å². The third kappa shape index (κ3) is 2.96. The molecule has 2 aromatic rings. The summed E-state index contributed by atoms with van der Waals surface area (Å²) >= 11 is 0. The van der Waals surface area contributed by atoms with Gasteiger partial charge >= 0.3 is 6.01 Å². The van der Waals surface area contributed by atoms with Gasteiger partial charge in [-0.15, -0.1) is 5.10 Å². The minimum absolute atomic E-state index is 0.256. The normalized spacial score (nSPS) is 15.8. The van der Waals surface area contributed by atoms with Crippen LogP contribution >= 0.6 is 0 Å². The Bertz CT molecular complexity index is 592. The van der Waals surface area contributed by atoms with Gasteiger partial charge in [-0.2, -0.15) is 0 Å². The number of primary amides is 1. The van der Waals surface area contributed by atoms with Gasteiger partial charge in [-0.05, 0) is 18.4 Å². The Balaban J connectivity index is 1.68. The van der Waals surface area contributed by atoms with Crippen molar-refractivity contribution in [1.82, 2.24) is 10.2 Å². The van der Waals surface area contributed by atoms with Crippen LogP contribution in [0.5, 0.6) is 0 Å². The molecule has 1 fully saturated rings. The third-order valence-corrected chi connectivity index (χ3v) is 3.29. The third-order valence-electron chi connectivity index (χ3n) is 3.29. The maximum Gasteiger partial charge on any atom is 0.316 e. The van der Waals surface area contributed by atoms with E-state index >= 15 is 0 Å². The van der Waals surface area contributed by atoms with Gasteiger partial charge in [0.1, 0.15) is 6.04 Å². The van der Waals surface area contributed by atoms with E-state index in [0.29, 0.717) is 18.2 Å². The summed E-state index contributed by atoms with van der Waals surface area (Å²) in [7, 11) is 0. The highest BCUT2D eigenvalue weighted by atomic mass is 16.4. The second-order valence-electron chi connectivity index (χ2n) is 5.01. The molecular formula is C14H16N4O2. The summed E-state index contributed by atoms with van der Waals surface area (Å²) in [5.41, 5.74) is 6.44. The van der Waals surface area contributed by atoms with Crippen LogP contribution in [0.1, 0.15) is 30.2 Å². The Kier molecular flexibility index (Phi) is 3.37. The first-order valence-corrected chi connectivity index (χ1v) is 6.65. The zero-order chi connectivity index (χ0) is 13.9. The molecule has 3 N–H and O–H groups in total. The molecule has 1 saturated carbocycles. The Labute approximate surface area is 116 Å². The summed E-state index contributed by atoms with van der Waals surface area (Å²) < 4.78 is 5.48. The Hall–Kier alpha value is -2.37. The summed E-state index contributed by atoms with van der Waals surface area (Å²) in [6, 6.07) is 9.35. The van der Waals surface area contributed by atoms with Crippen LogP contribution in [0.15, 0.2) is 34.7 Å². The molecule has 0 spiro atoms. The van der Waals surface area contributed by atoms with Gasteiger partial charge in [0, 0.05) is 12.3 Å². The van der Waals surface area contributed by atoms with E-state index in [9.17, 15) is 4.79 Å². The van der Waals surface area contributed by atoms with Crippen molar-refractivity contribution in [2.24, 2.45) is 5.73 Å². The first kappa shape index (κ1) is 12.7. The second-order valence-corrected chi connectivity index (χ2v) is 5.01. The van der Waals surface area contributed by atoms with E-state index < -0.39 is 11.9 Å². The monoisotopic (exact) mass is 272 g/mol. The lowest BCUT2D eigenvalue weighted by atomic mass is 10.1. The van der Waals surface area contributed by atoms with Gasteiger partial charge in [0.2, 0.25) is 11.8 Å². The molecule has 0 radical (unpaired) electrons. The largest absolute Gasteiger partial charge is 0.408 e. The van der Waals surface area contributed by atoms with Crippen molar-refractivity contribution < 1.29 is 9.21 Å². The molecule has 1 aliphatic carbocycles. The molecule has 6 heteroatoms. The van der Waals surface area contributed by atoms with E-state index in [2.05, 4.69) is 15.5 Å². The number of hydrogen-bond acceptors (Lipinski definition) is 5. The van der Waals surface area contributed by atoms with E-state index in [1.54, 1.807) is 0 Å². The van der Waals surface area contributed by atoms with Gasteiger partial charge < -0.3 is 15.5 Å². The van der Waals surface area contributed by atoms with E-state index in [0.717, 1.165) is 18.4 Å². The number of aromatic nitrogens is 2. The number of nitrogens with zero attached hydrogens (tertiary/aromatic N) is 2. The highest BCUT2D eigenvalue weighted by Gasteiger charge is 2.30. The molecule has 0 bridgehead atoms. The van der Waals surface area contributed by atoms with Crippen LogP contribution in [-0.2, 0) is 11.2 Å². The SMILES string of the molecule is NC(=O)[C@H](Cc1ccccc1)Nc1nnc(C2CC2)o1. The lowest BCUT2D eigenvalue weighted by Gasteiger charge is -2.13. The zero-order valence-corrected chi connectivity index (χ0v) is 11.0. The molecule has 0 aliphatic heterocycles. The number of benzene rings is 1. The van der Waals surface area contributed by atoms with E-state index in [4.69, 9.17) is 10.2 Å². The number of hydrogen-bond donors (Lipinski definition) is 2. The quantitative estimate of drug-likeness (QED) is 0.830. The van der Waals surface area contributed by atoms with Crippen LogP contribution in [0, 0.1) is 0 Å². The number of nitrogens with two attached hydrogens (primary N) is 1. The molecule has 0 saturated heterocycles. The maximum absolute atomic E-state index is 11.5. The number of nitrogens with one attached hydrogen (secondary N) is 1. The van der Waals surface area contributed by atoms with Crippen molar-refractivity contribution >= 4 is 11.9 Å². The lowest BCUT2D eigenvalue weighted by Crippen LogP contribution is -2.37. The van der Waals surface area contributed by atoms with Gasteiger partial charge in [-0.1, -0.05) is 35.4 Å². The lowest BCUT2D eigenvalue weighted by molar-refractivity contribution is -0.118. The van der Waals surface area contributed by atoms with Crippen LogP contribution in [0.2, 0.25) is 0 Å². The fraction of sp³-hybridized carbons (Fsp3) is 0.357. The van der Waals surface area contributed by atoms with Crippen LogP contribution in [0.4, 0.5) is 6.01 Å². The predicted octanol–water partition coefficient (Wildman–Crippen LogP) is 1.46. The minimum Gasteiger partial charge on any atom is -0.408 e. The topological polar surface area (TPSA) is 94.0 Å². The molecule has 0 unspecified atom stereocenters. The molecule has 3 rings (SSSR count). The molecule has 1 aliphatic rings. The van der Waals surface area contributed by atoms with Crippen LogP contribution < -0.4 is 11.1 Å². The average molecular weight is 272 g/mol. The van der Waals surface area contributed by atoms with Crippen molar-refractivity contribution in [2.75, 3.05) is 5.32 Å². The Morgan fingerprint density at radius 2 is 2.10 bits per heavy atom. The van der Waals surface area contributed by atoms with Crippen molar-refractivity contribution in [3.8, 4) is 0 Å². The van der Waals surface area contributed by atoms with Crippen LogP contribution in [0.3, 0.4) is 0 Å². The fourth-order valence-electron chi connectivity index (χ4n) is 2.01. The standard InChI is InChI=1S/C14H16N4O2/c15-12(19)11(8-9-4-2-1-3-5-9)16-14-18-17-13(20-14)10-6-7-10/h1-5,10-11H,6-8H2,(H2,15,19)(H,16,18)/t11-/m0/s1. The molecule has 1 heterocycles. The molecule has 1 atom stereocenters. The number of amides is 1. The zero-order valence-electron chi connectivity index (χ0n) is 11.0. The molecular weight excluding hydrogens is 256 g/mol. The van der Waals surface area contributed by atoms with Gasteiger partial charge in [0.25, 0.3) is 0 Å². The van der Waals surface area contributed by atoms with Gasteiger partial charge in [-0.3, -0.25) is 4.79 Å². The summed E-state index contributed by atoms with van der Waals surface area (Å²) in [4.78, 5) is 11.5. The number of anilines is 1. The van der Waals surface area contributed by atoms with E-state index in [1.807, 2.05) is 30.3 Å². The molecule has 1 amide bonds. The summed E-state index contributed by atoms with van der Waals surface area (Å²) in [5.74, 6) is 0.578. The van der Waals surface area contributed by atoms with Gasteiger partial charge in [0.05, 0.1) is 0 Å². The molecule has 104 valence electrons. The number of rotatable bonds is 6. The van der Waals surface area contributed by atoms with E-state index in [-0.39, 0.29) is 6.01 Å². The predicted molar refractivity (Wildman–Crippen MR) is 73.0 cm³/mol. The fourth-order valence-corrected chi connectivity index (χ4v) is 2.01. The Morgan fingerprint density at radius 3 is 2.75 bits per heavy atom. The average Bonchev–Trinajstić information content (AvgIpc) is 3.19. The molecule has 20 heavy (non-hydrogen) atoms. The molecule has 1 aromatic heterocycles. The first-order chi connectivity index (χ1) is 9.72. The van der Waals surface area contributed by atoms with Crippen LogP contribution in [0.25, 0.3) is 0 Å². The summed E-state index contributed by atoms with van der Waals surface area (Å²) in [5, 5.41) is 10.8. The van der Waals surface area contributed by atoms with E-state index in [1.165, 1.54) is 0 Å². The molecule has 6 nitrogen and oxygen atoms in total. The van der Waals surface area contributed by atoms with Crippen LogP contribution in [-0.4, -0.2) is 22.1 Å². The molecule has 1 aromatic carbocycles. The highest BCUT2D eigenvalue weighted by Crippen LogP contribution is 2.39. The number of carbonyl (C=O) groups excluding carboxylic acids is 1. The number of carbonyl (C=O) groups is 1. The second kappa shape index (κ2) is 5.32. The summed E-state index contributed by atoms with van der Waals surface area (Å²) in [6.07, 6.45) is 2.66. The smallest absolute Gasteiger partial charge is 0.316 e. The highest BCUT2D eigenvalue weighted by molar-refractivity contribution is 5.82. The summed E-state index contributed by atoms with van der Waals surface area (Å²) in [6.45, 7) is 0. The first-order valence-electron chi connectivity index (χ1n) is 6.65. The maximum atomic E-state index is 11.5. The minimum atomic E-state index is -0.565. The van der Waals surface area contributed by atoms with Crippen molar-refractivity contribution in [3.05, 3.63) is 41.8 Å². The van der Waals surface area contributed by atoms with Crippen molar-refractivity contribution in [2.45, 2.75) is 31.2 Å². The van der Waals surface area contributed by atoms with Crippen molar-refractivity contribution in [1.29, 1.82) is 0 Å². The van der Waals surface area contributed by atoms with Gasteiger partial charge in [0.15, 0.2) is 0 Å².